The molecule has 1 aromatic rings. The van der Waals surface area contributed by atoms with Crippen LogP contribution < -0.4 is 0 Å². The van der Waals surface area contributed by atoms with Crippen LogP contribution in [-0.4, -0.2) is 24.0 Å². The van der Waals surface area contributed by atoms with Crippen molar-refractivity contribution >= 4 is 5.97 Å². The van der Waals surface area contributed by atoms with E-state index in [0.29, 0.717) is 12.2 Å². The van der Waals surface area contributed by atoms with E-state index in [1.165, 1.54) is 5.56 Å². The number of benzene rings is 1. The fraction of sp³-hybridized carbons (Fsp3) is 0.267. The zero-order valence-corrected chi connectivity index (χ0v) is 10.5. The molecule has 3 nitrogen and oxygen atoms in total. The summed E-state index contributed by atoms with van der Waals surface area (Å²) in [5, 5.41) is 0. The molecule has 0 spiro atoms. The summed E-state index contributed by atoms with van der Waals surface area (Å²) in [5.41, 5.74) is 1.84. The Balaban J connectivity index is 2.03. The van der Waals surface area contributed by atoms with Crippen LogP contribution in [0.5, 0.6) is 0 Å². The van der Waals surface area contributed by atoms with Gasteiger partial charge >= 0.3 is 5.97 Å². The normalized spacial score (nSPS) is 14.3. The van der Waals surface area contributed by atoms with Crippen LogP contribution in [0.1, 0.15) is 12.5 Å². The van der Waals surface area contributed by atoms with E-state index in [1.54, 1.807) is 0 Å². The first-order valence-corrected chi connectivity index (χ1v) is 6.13. The predicted octanol–water partition coefficient (Wildman–Crippen LogP) is 2.51. The van der Waals surface area contributed by atoms with E-state index in [-0.39, 0.29) is 5.97 Å². The topological polar surface area (TPSA) is 29.5 Å². The van der Waals surface area contributed by atoms with E-state index in [1.807, 2.05) is 43.5 Å². The molecule has 0 amide bonds. The molecule has 0 unspecified atom stereocenters. The van der Waals surface area contributed by atoms with Gasteiger partial charge in [-0.1, -0.05) is 36.4 Å². The molecule has 0 fully saturated rings. The van der Waals surface area contributed by atoms with Crippen molar-refractivity contribution in [2.24, 2.45) is 0 Å². The van der Waals surface area contributed by atoms with Crippen molar-refractivity contribution < 1.29 is 9.53 Å². The summed E-state index contributed by atoms with van der Waals surface area (Å²) in [7, 11) is 0. The Hall–Kier alpha value is -2.03. The minimum Gasteiger partial charge on any atom is -0.462 e. The summed E-state index contributed by atoms with van der Waals surface area (Å²) in [6.45, 7) is 3.83. The molecule has 0 bridgehead atoms. The van der Waals surface area contributed by atoms with Gasteiger partial charge in [-0.3, -0.25) is 0 Å². The minimum atomic E-state index is -0.258. The summed E-state index contributed by atoms with van der Waals surface area (Å²) in [4.78, 5) is 13.7. The molecule has 0 atom stereocenters. The lowest BCUT2D eigenvalue weighted by Gasteiger charge is -2.22. The predicted molar refractivity (Wildman–Crippen MR) is 70.7 cm³/mol. The SMILES string of the molecule is CCOC(=O)C1=CN(Cc2ccccc2)CC=C1. The van der Waals surface area contributed by atoms with Crippen molar-refractivity contribution in [1.29, 1.82) is 0 Å². The number of hydrogen-bond acceptors (Lipinski definition) is 3. The largest absolute Gasteiger partial charge is 0.462 e. The van der Waals surface area contributed by atoms with Crippen molar-refractivity contribution in [3.05, 3.63) is 59.8 Å². The Morgan fingerprint density at radius 1 is 1.33 bits per heavy atom. The molecular weight excluding hydrogens is 226 g/mol. The summed E-state index contributed by atoms with van der Waals surface area (Å²) in [6, 6.07) is 10.2. The van der Waals surface area contributed by atoms with Gasteiger partial charge in [0, 0.05) is 19.3 Å². The molecule has 2 rings (SSSR count). The average Bonchev–Trinajstić information content (AvgIpc) is 2.40. The average molecular weight is 243 g/mol. The molecule has 0 aliphatic carbocycles. The molecule has 0 N–H and O–H groups in total. The van der Waals surface area contributed by atoms with E-state index in [0.717, 1.165) is 13.1 Å². The van der Waals surface area contributed by atoms with Gasteiger partial charge in [0.2, 0.25) is 0 Å². The lowest BCUT2D eigenvalue weighted by atomic mass is 10.1. The summed E-state index contributed by atoms with van der Waals surface area (Å²) in [6.07, 6.45) is 5.67. The highest BCUT2D eigenvalue weighted by atomic mass is 16.5. The van der Waals surface area contributed by atoms with E-state index in [9.17, 15) is 4.79 Å². The first-order chi connectivity index (χ1) is 8.79. The number of carbonyl (C=O) groups is 1. The summed E-state index contributed by atoms with van der Waals surface area (Å²) in [5.74, 6) is -0.258. The Morgan fingerprint density at radius 3 is 2.83 bits per heavy atom. The molecule has 0 radical (unpaired) electrons. The molecule has 3 heteroatoms. The van der Waals surface area contributed by atoms with E-state index >= 15 is 0 Å². The third kappa shape index (κ3) is 3.23. The van der Waals surface area contributed by atoms with Gasteiger partial charge in [-0.05, 0) is 18.6 Å². The lowest BCUT2D eigenvalue weighted by Crippen LogP contribution is -2.22. The second kappa shape index (κ2) is 6.05. The molecule has 94 valence electrons. The van der Waals surface area contributed by atoms with Gasteiger partial charge in [0.1, 0.15) is 0 Å². The number of carbonyl (C=O) groups excluding carboxylic acids is 1. The van der Waals surface area contributed by atoms with Gasteiger partial charge in [0.25, 0.3) is 0 Å². The number of nitrogens with zero attached hydrogens (tertiary/aromatic N) is 1. The van der Waals surface area contributed by atoms with E-state index < -0.39 is 0 Å². The van der Waals surface area contributed by atoms with Gasteiger partial charge in [0.15, 0.2) is 0 Å². The summed E-state index contributed by atoms with van der Waals surface area (Å²) >= 11 is 0. The molecule has 0 aromatic heterocycles. The van der Waals surface area contributed by atoms with Crippen LogP contribution in [-0.2, 0) is 16.1 Å². The fourth-order valence-corrected chi connectivity index (χ4v) is 1.87. The third-order valence-electron chi connectivity index (χ3n) is 2.70. The smallest absolute Gasteiger partial charge is 0.339 e. The third-order valence-corrected chi connectivity index (χ3v) is 2.70. The maximum Gasteiger partial charge on any atom is 0.339 e. The van der Waals surface area contributed by atoms with E-state index in [2.05, 4.69) is 17.0 Å². The molecule has 1 heterocycles. The van der Waals surface area contributed by atoms with Crippen LogP contribution in [0.15, 0.2) is 54.3 Å². The van der Waals surface area contributed by atoms with Gasteiger partial charge < -0.3 is 9.64 Å². The summed E-state index contributed by atoms with van der Waals surface area (Å²) < 4.78 is 4.99. The first-order valence-electron chi connectivity index (χ1n) is 6.13. The molecule has 0 saturated carbocycles. The Bertz CT molecular complexity index is 463. The number of hydrogen-bond donors (Lipinski definition) is 0. The molecule has 1 aliphatic rings. The Kier molecular flexibility index (Phi) is 4.18. The van der Waals surface area contributed by atoms with Crippen LogP contribution in [0.25, 0.3) is 0 Å². The van der Waals surface area contributed by atoms with Gasteiger partial charge in [-0.2, -0.15) is 0 Å². The van der Waals surface area contributed by atoms with Crippen molar-refractivity contribution in [3.63, 3.8) is 0 Å². The van der Waals surface area contributed by atoms with Crippen molar-refractivity contribution in [3.8, 4) is 0 Å². The number of ether oxygens (including phenoxy) is 1. The zero-order valence-electron chi connectivity index (χ0n) is 10.5. The van der Waals surface area contributed by atoms with Crippen LogP contribution in [0.3, 0.4) is 0 Å². The fourth-order valence-electron chi connectivity index (χ4n) is 1.87. The van der Waals surface area contributed by atoms with Gasteiger partial charge in [-0.25, -0.2) is 4.79 Å². The second-order valence-electron chi connectivity index (χ2n) is 4.12. The van der Waals surface area contributed by atoms with Crippen LogP contribution in [0.2, 0.25) is 0 Å². The van der Waals surface area contributed by atoms with Crippen molar-refractivity contribution in [1.82, 2.24) is 4.90 Å². The first kappa shape index (κ1) is 12.4. The Labute approximate surface area is 107 Å². The van der Waals surface area contributed by atoms with E-state index in [4.69, 9.17) is 4.74 Å². The quantitative estimate of drug-likeness (QED) is 0.761. The van der Waals surface area contributed by atoms with Crippen molar-refractivity contribution in [2.45, 2.75) is 13.5 Å². The highest BCUT2D eigenvalue weighted by Crippen LogP contribution is 2.13. The van der Waals surface area contributed by atoms with Gasteiger partial charge in [-0.15, -0.1) is 0 Å². The maximum atomic E-state index is 11.6. The number of rotatable bonds is 4. The standard InChI is InChI=1S/C15H17NO2/c1-2-18-15(17)14-9-6-10-16(12-14)11-13-7-4-3-5-8-13/h3-9,12H,2,10-11H2,1H3. The van der Waals surface area contributed by atoms with Crippen LogP contribution in [0, 0.1) is 0 Å². The highest BCUT2D eigenvalue weighted by Gasteiger charge is 2.12. The molecule has 0 saturated heterocycles. The number of esters is 1. The second-order valence-corrected chi connectivity index (χ2v) is 4.12. The maximum absolute atomic E-state index is 11.6. The highest BCUT2D eigenvalue weighted by molar-refractivity contribution is 5.91. The van der Waals surface area contributed by atoms with Crippen molar-refractivity contribution in [2.75, 3.05) is 13.2 Å². The lowest BCUT2D eigenvalue weighted by molar-refractivity contribution is -0.138. The zero-order chi connectivity index (χ0) is 12.8. The van der Waals surface area contributed by atoms with Crippen LogP contribution in [0.4, 0.5) is 0 Å². The minimum absolute atomic E-state index is 0.258. The Morgan fingerprint density at radius 2 is 2.11 bits per heavy atom. The molecule has 1 aromatic carbocycles. The molecule has 1 aliphatic heterocycles. The molecular formula is C15H17NO2. The monoisotopic (exact) mass is 243 g/mol. The van der Waals surface area contributed by atoms with Crippen LogP contribution >= 0.6 is 0 Å². The van der Waals surface area contributed by atoms with Gasteiger partial charge in [0.05, 0.1) is 12.2 Å². The molecule has 18 heavy (non-hydrogen) atoms.